The zero-order chi connectivity index (χ0) is 12.3. The number of hydrogen-bond donors (Lipinski definition) is 0. The number of carbonyl (C=O) groups is 1. The summed E-state index contributed by atoms with van der Waals surface area (Å²) in [6.07, 6.45) is 0.921. The van der Waals surface area contributed by atoms with Crippen molar-refractivity contribution in [3.8, 4) is 0 Å². The number of amidine groups is 1. The fraction of sp³-hybridized carbons (Fsp3) is 0.385. The van der Waals surface area contributed by atoms with Crippen LogP contribution in [0.25, 0.3) is 0 Å². The van der Waals surface area contributed by atoms with Gasteiger partial charge in [-0.1, -0.05) is 36.9 Å². The molecule has 0 aromatic heterocycles. The molecule has 1 heterocycles. The summed E-state index contributed by atoms with van der Waals surface area (Å²) in [5, 5.41) is 0.832. The molecular formula is C13H16N2OS. The minimum atomic E-state index is 0.128. The normalized spacial score (nSPS) is 18.1. The lowest BCUT2D eigenvalue weighted by atomic mass is 10.1. The number of carbonyl (C=O) groups excluding carboxylic acids is 1. The van der Waals surface area contributed by atoms with Gasteiger partial charge in [0.05, 0.1) is 11.4 Å². The molecule has 0 N–H and O–H groups in total. The van der Waals surface area contributed by atoms with E-state index in [1.165, 1.54) is 17.3 Å². The van der Waals surface area contributed by atoms with E-state index in [1.807, 2.05) is 25.1 Å². The molecule has 0 radical (unpaired) electrons. The Balaban J connectivity index is 2.43. The molecule has 1 saturated heterocycles. The van der Waals surface area contributed by atoms with E-state index >= 15 is 0 Å². The van der Waals surface area contributed by atoms with Crippen LogP contribution >= 0.6 is 11.8 Å². The van der Waals surface area contributed by atoms with Crippen molar-refractivity contribution in [2.45, 2.75) is 20.3 Å². The maximum absolute atomic E-state index is 12.0. The van der Waals surface area contributed by atoms with Crippen molar-refractivity contribution >= 4 is 28.5 Å². The number of rotatable bonds is 3. The van der Waals surface area contributed by atoms with Crippen LogP contribution in [0, 0.1) is 0 Å². The topological polar surface area (TPSA) is 32.7 Å². The Morgan fingerprint density at radius 2 is 2.12 bits per heavy atom. The Morgan fingerprint density at radius 1 is 1.35 bits per heavy atom. The molecule has 0 atom stereocenters. The molecule has 1 aliphatic rings. The highest BCUT2D eigenvalue weighted by atomic mass is 32.2. The maximum Gasteiger partial charge on any atom is 0.243 e. The number of aryl methyl sites for hydroxylation is 1. The van der Waals surface area contributed by atoms with Gasteiger partial charge < -0.3 is 0 Å². The SMILES string of the molecule is CCN=C1SCC(=O)N1c1ccccc1CC. The zero-order valence-electron chi connectivity index (χ0n) is 10.1. The minimum absolute atomic E-state index is 0.128. The molecule has 0 spiro atoms. The van der Waals surface area contributed by atoms with Crippen molar-refractivity contribution in [3.05, 3.63) is 29.8 Å². The lowest BCUT2D eigenvalue weighted by Gasteiger charge is -2.19. The van der Waals surface area contributed by atoms with Crippen LogP contribution in [-0.2, 0) is 11.2 Å². The second kappa shape index (κ2) is 5.36. The molecule has 0 aliphatic carbocycles. The van der Waals surface area contributed by atoms with E-state index in [-0.39, 0.29) is 5.91 Å². The first-order valence-electron chi connectivity index (χ1n) is 5.86. The molecule has 1 aromatic carbocycles. The van der Waals surface area contributed by atoms with E-state index < -0.39 is 0 Å². The summed E-state index contributed by atoms with van der Waals surface area (Å²) < 4.78 is 0. The summed E-state index contributed by atoms with van der Waals surface area (Å²) in [7, 11) is 0. The van der Waals surface area contributed by atoms with Gasteiger partial charge in [-0.15, -0.1) is 0 Å². The fourth-order valence-corrected chi connectivity index (χ4v) is 2.81. The van der Waals surface area contributed by atoms with E-state index in [0.717, 1.165) is 17.3 Å². The van der Waals surface area contributed by atoms with Crippen molar-refractivity contribution in [2.75, 3.05) is 17.2 Å². The molecule has 3 nitrogen and oxygen atoms in total. The van der Waals surface area contributed by atoms with E-state index in [9.17, 15) is 4.79 Å². The van der Waals surface area contributed by atoms with Crippen molar-refractivity contribution < 1.29 is 4.79 Å². The number of para-hydroxylation sites is 1. The number of aliphatic imine (C=N–C) groups is 1. The Hall–Kier alpha value is -1.29. The second-order valence-electron chi connectivity index (χ2n) is 3.76. The predicted molar refractivity (Wildman–Crippen MR) is 73.7 cm³/mol. The Kier molecular flexibility index (Phi) is 3.84. The molecule has 90 valence electrons. The van der Waals surface area contributed by atoms with Gasteiger partial charge in [-0.25, -0.2) is 0 Å². The van der Waals surface area contributed by atoms with Gasteiger partial charge in [0.1, 0.15) is 0 Å². The number of thioether (sulfide) groups is 1. The van der Waals surface area contributed by atoms with Crippen LogP contribution in [0.3, 0.4) is 0 Å². The third kappa shape index (κ3) is 2.36. The molecular weight excluding hydrogens is 232 g/mol. The lowest BCUT2D eigenvalue weighted by molar-refractivity contribution is -0.115. The van der Waals surface area contributed by atoms with E-state index in [0.29, 0.717) is 12.3 Å². The maximum atomic E-state index is 12.0. The smallest absolute Gasteiger partial charge is 0.243 e. The highest BCUT2D eigenvalue weighted by Gasteiger charge is 2.30. The monoisotopic (exact) mass is 248 g/mol. The van der Waals surface area contributed by atoms with Crippen molar-refractivity contribution in [1.82, 2.24) is 0 Å². The van der Waals surface area contributed by atoms with Crippen molar-refractivity contribution in [3.63, 3.8) is 0 Å². The molecule has 0 unspecified atom stereocenters. The number of benzene rings is 1. The van der Waals surface area contributed by atoms with E-state index in [1.54, 1.807) is 4.90 Å². The third-order valence-corrected chi connectivity index (χ3v) is 3.63. The largest absolute Gasteiger partial charge is 0.273 e. The molecule has 17 heavy (non-hydrogen) atoms. The van der Waals surface area contributed by atoms with Crippen LogP contribution in [0.1, 0.15) is 19.4 Å². The molecule has 4 heteroatoms. The first-order chi connectivity index (χ1) is 8.27. The van der Waals surface area contributed by atoms with Crippen LogP contribution < -0.4 is 4.90 Å². The molecule has 0 bridgehead atoms. The second-order valence-corrected chi connectivity index (χ2v) is 4.70. The van der Waals surface area contributed by atoms with Crippen LogP contribution in [0.4, 0.5) is 5.69 Å². The molecule has 0 saturated carbocycles. The van der Waals surface area contributed by atoms with Crippen LogP contribution in [-0.4, -0.2) is 23.4 Å². The summed E-state index contributed by atoms with van der Waals surface area (Å²) in [5.74, 6) is 0.625. The molecule has 1 amide bonds. The molecule has 1 aliphatic heterocycles. The average Bonchev–Trinajstić information content (AvgIpc) is 2.71. The highest BCUT2D eigenvalue weighted by molar-refractivity contribution is 8.15. The summed E-state index contributed by atoms with van der Waals surface area (Å²) in [6, 6.07) is 8.03. The Morgan fingerprint density at radius 3 is 2.82 bits per heavy atom. The number of nitrogens with zero attached hydrogens (tertiary/aromatic N) is 2. The Bertz CT molecular complexity index is 456. The van der Waals surface area contributed by atoms with Gasteiger partial charge in [-0.05, 0) is 25.0 Å². The fourth-order valence-electron chi connectivity index (χ4n) is 1.88. The van der Waals surface area contributed by atoms with Crippen LogP contribution in [0.2, 0.25) is 0 Å². The highest BCUT2D eigenvalue weighted by Crippen LogP contribution is 2.29. The minimum Gasteiger partial charge on any atom is -0.273 e. The van der Waals surface area contributed by atoms with Gasteiger partial charge in [0, 0.05) is 6.54 Å². The molecule has 1 fully saturated rings. The first kappa shape index (κ1) is 12.2. The van der Waals surface area contributed by atoms with Gasteiger partial charge in [0.15, 0.2) is 5.17 Å². The van der Waals surface area contributed by atoms with Gasteiger partial charge >= 0.3 is 0 Å². The van der Waals surface area contributed by atoms with Gasteiger partial charge in [0.2, 0.25) is 5.91 Å². The Labute approximate surface area is 106 Å². The lowest BCUT2D eigenvalue weighted by Crippen LogP contribution is -2.30. The molecule has 1 aromatic rings. The third-order valence-electron chi connectivity index (χ3n) is 2.67. The van der Waals surface area contributed by atoms with Gasteiger partial charge in [-0.2, -0.15) is 0 Å². The number of hydrogen-bond acceptors (Lipinski definition) is 3. The van der Waals surface area contributed by atoms with E-state index in [4.69, 9.17) is 0 Å². The first-order valence-corrected chi connectivity index (χ1v) is 6.84. The van der Waals surface area contributed by atoms with Crippen molar-refractivity contribution in [1.29, 1.82) is 0 Å². The van der Waals surface area contributed by atoms with Gasteiger partial charge in [0.25, 0.3) is 0 Å². The quantitative estimate of drug-likeness (QED) is 0.824. The van der Waals surface area contributed by atoms with Gasteiger partial charge in [-0.3, -0.25) is 14.7 Å². The van der Waals surface area contributed by atoms with Crippen LogP contribution in [0.15, 0.2) is 29.3 Å². The summed E-state index contributed by atoms with van der Waals surface area (Å²) in [4.78, 5) is 18.1. The number of anilines is 1. The van der Waals surface area contributed by atoms with Crippen LogP contribution in [0.5, 0.6) is 0 Å². The van der Waals surface area contributed by atoms with E-state index in [2.05, 4.69) is 18.0 Å². The van der Waals surface area contributed by atoms with Crippen molar-refractivity contribution in [2.24, 2.45) is 4.99 Å². The summed E-state index contributed by atoms with van der Waals surface area (Å²) in [5.41, 5.74) is 2.17. The average molecular weight is 248 g/mol. The molecule has 2 rings (SSSR count). The summed E-state index contributed by atoms with van der Waals surface area (Å²) in [6.45, 7) is 4.80. The zero-order valence-corrected chi connectivity index (χ0v) is 11.0. The summed E-state index contributed by atoms with van der Waals surface area (Å²) >= 11 is 1.52. The predicted octanol–water partition coefficient (Wildman–Crippen LogP) is 2.70. The standard InChI is InChI=1S/C13H16N2OS/c1-3-10-7-5-6-8-11(10)15-12(16)9-17-13(15)14-4-2/h5-8H,3-4,9H2,1-2H3. The number of amides is 1.